The van der Waals surface area contributed by atoms with Gasteiger partial charge in [0.05, 0.1) is 0 Å². The highest BCUT2D eigenvalue weighted by molar-refractivity contribution is 4.99. The molecule has 1 saturated heterocycles. The van der Waals surface area contributed by atoms with Gasteiger partial charge < -0.3 is 9.84 Å². The standard InChI is InChI=1S/C11H17N3O/c1-2-9(3-1)11-13-10(14-15-11)6-8-4-5-12-7-8/h8-9,12H,1-7H2. The molecular formula is C11H17N3O. The second-order valence-electron chi connectivity index (χ2n) is 4.74. The van der Waals surface area contributed by atoms with Gasteiger partial charge in [-0.25, -0.2) is 0 Å². The Kier molecular flexibility index (Phi) is 2.44. The Morgan fingerprint density at radius 1 is 1.33 bits per heavy atom. The number of nitrogens with one attached hydrogen (secondary N) is 1. The van der Waals surface area contributed by atoms with Crippen LogP contribution < -0.4 is 5.32 Å². The maximum absolute atomic E-state index is 5.30. The van der Waals surface area contributed by atoms with E-state index in [2.05, 4.69) is 15.5 Å². The molecule has 0 spiro atoms. The molecular weight excluding hydrogens is 190 g/mol. The molecule has 2 aliphatic rings. The van der Waals surface area contributed by atoms with Gasteiger partial charge in [-0.15, -0.1) is 0 Å². The van der Waals surface area contributed by atoms with Gasteiger partial charge in [-0.1, -0.05) is 11.6 Å². The van der Waals surface area contributed by atoms with Crippen molar-refractivity contribution >= 4 is 0 Å². The number of rotatable bonds is 3. The molecule has 15 heavy (non-hydrogen) atoms. The van der Waals surface area contributed by atoms with E-state index in [1.807, 2.05) is 0 Å². The van der Waals surface area contributed by atoms with Crippen LogP contribution >= 0.6 is 0 Å². The Balaban J connectivity index is 1.62. The number of nitrogens with zero attached hydrogens (tertiary/aromatic N) is 2. The average Bonchev–Trinajstić information content (AvgIpc) is 2.75. The first-order valence-electron chi connectivity index (χ1n) is 5.95. The van der Waals surface area contributed by atoms with Crippen molar-refractivity contribution < 1.29 is 4.52 Å². The Bertz CT molecular complexity index is 326. The molecule has 1 saturated carbocycles. The van der Waals surface area contributed by atoms with E-state index in [9.17, 15) is 0 Å². The second kappa shape index (κ2) is 3.93. The summed E-state index contributed by atoms with van der Waals surface area (Å²) in [5.74, 6) is 3.05. The molecule has 82 valence electrons. The predicted octanol–water partition coefficient (Wildman–Crippen LogP) is 1.49. The smallest absolute Gasteiger partial charge is 0.229 e. The lowest BCUT2D eigenvalue weighted by molar-refractivity contribution is 0.290. The van der Waals surface area contributed by atoms with Crippen LogP contribution in [0.2, 0.25) is 0 Å². The van der Waals surface area contributed by atoms with Crippen molar-refractivity contribution in [3.8, 4) is 0 Å². The number of hydrogen-bond acceptors (Lipinski definition) is 4. The SMILES string of the molecule is C1CC(c2nc(CC3CCNC3)no2)C1. The molecule has 1 atom stereocenters. The Labute approximate surface area is 89.4 Å². The molecule has 1 N–H and O–H groups in total. The first-order valence-corrected chi connectivity index (χ1v) is 5.95. The summed E-state index contributed by atoms with van der Waals surface area (Å²) >= 11 is 0. The molecule has 0 bridgehead atoms. The van der Waals surface area contributed by atoms with Gasteiger partial charge in [0.1, 0.15) is 0 Å². The normalized spacial score (nSPS) is 26.8. The van der Waals surface area contributed by atoms with Crippen LogP contribution in [0.3, 0.4) is 0 Å². The van der Waals surface area contributed by atoms with Crippen molar-refractivity contribution in [2.45, 2.75) is 38.0 Å². The predicted molar refractivity (Wildman–Crippen MR) is 55.6 cm³/mol. The minimum atomic E-state index is 0.563. The third-order valence-electron chi connectivity index (χ3n) is 3.57. The van der Waals surface area contributed by atoms with E-state index in [1.54, 1.807) is 0 Å². The fraction of sp³-hybridized carbons (Fsp3) is 0.818. The molecule has 0 radical (unpaired) electrons. The third-order valence-corrected chi connectivity index (χ3v) is 3.57. The van der Waals surface area contributed by atoms with E-state index in [-0.39, 0.29) is 0 Å². The highest BCUT2D eigenvalue weighted by atomic mass is 16.5. The van der Waals surface area contributed by atoms with Gasteiger partial charge in [0.15, 0.2) is 5.82 Å². The first kappa shape index (κ1) is 9.33. The summed E-state index contributed by atoms with van der Waals surface area (Å²) in [5, 5.41) is 7.43. The van der Waals surface area contributed by atoms with Gasteiger partial charge in [0.2, 0.25) is 5.89 Å². The molecule has 3 rings (SSSR count). The summed E-state index contributed by atoms with van der Waals surface area (Å²) in [7, 11) is 0. The van der Waals surface area contributed by atoms with Crippen LogP contribution in [0.4, 0.5) is 0 Å². The molecule has 1 aromatic heterocycles. The van der Waals surface area contributed by atoms with Crippen molar-refractivity contribution in [3.63, 3.8) is 0 Å². The number of hydrogen-bond donors (Lipinski definition) is 1. The first-order chi connectivity index (χ1) is 7.42. The highest BCUT2D eigenvalue weighted by Crippen LogP contribution is 2.35. The Hall–Kier alpha value is -0.900. The maximum Gasteiger partial charge on any atom is 0.229 e. The van der Waals surface area contributed by atoms with Crippen LogP contribution in [0.5, 0.6) is 0 Å². The summed E-state index contributed by atoms with van der Waals surface area (Å²) in [4.78, 5) is 4.49. The van der Waals surface area contributed by atoms with E-state index in [4.69, 9.17) is 4.52 Å². The molecule has 1 aliphatic carbocycles. The minimum absolute atomic E-state index is 0.563. The summed E-state index contributed by atoms with van der Waals surface area (Å²) in [5.41, 5.74) is 0. The van der Waals surface area contributed by atoms with Gasteiger partial charge in [0, 0.05) is 12.3 Å². The zero-order valence-electron chi connectivity index (χ0n) is 8.91. The van der Waals surface area contributed by atoms with Crippen LogP contribution in [0, 0.1) is 5.92 Å². The molecule has 2 heterocycles. The molecule has 2 fully saturated rings. The van der Waals surface area contributed by atoms with E-state index in [0.717, 1.165) is 31.2 Å². The quantitative estimate of drug-likeness (QED) is 0.815. The van der Waals surface area contributed by atoms with Crippen LogP contribution in [0.25, 0.3) is 0 Å². The van der Waals surface area contributed by atoms with Crippen molar-refractivity contribution in [2.24, 2.45) is 5.92 Å². The largest absolute Gasteiger partial charge is 0.339 e. The van der Waals surface area contributed by atoms with Gasteiger partial charge >= 0.3 is 0 Å². The van der Waals surface area contributed by atoms with Crippen molar-refractivity contribution in [1.82, 2.24) is 15.5 Å². The van der Waals surface area contributed by atoms with Crippen LogP contribution in [-0.2, 0) is 6.42 Å². The van der Waals surface area contributed by atoms with Gasteiger partial charge in [0.25, 0.3) is 0 Å². The van der Waals surface area contributed by atoms with E-state index >= 15 is 0 Å². The van der Waals surface area contributed by atoms with Gasteiger partial charge in [-0.05, 0) is 38.3 Å². The van der Waals surface area contributed by atoms with E-state index in [0.29, 0.717) is 11.8 Å². The minimum Gasteiger partial charge on any atom is -0.339 e. The summed E-state index contributed by atoms with van der Waals surface area (Å²) in [6.45, 7) is 2.24. The van der Waals surface area contributed by atoms with Crippen molar-refractivity contribution in [3.05, 3.63) is 11.7 Å². The molecule has 0 amide bonds. The lowest BCUT2D eigenvalue weighted by Crippen LogP contribution is -2.12. The molecule has 1 aliphatic heterocycles. The lowest BCUT2D eigenvalue weighted by Gasteiger charge is -2.20. The van der Waals surface area contributed by atoms with E-state index < -0.39 is 0 Å². The summed E-state index contributed by atoms with van der Waals surface area (Å²) in [6, 6.07) is 0. The zero-order valence-corrected chi connectivity index (χ0v) is 8.91. The van der Waals surface area contributed by atoms with Gasteiger partial charge in [-0.3, -0.25) is 0 Å². The van der Waals surface area contributed by atoms with E-state index in [1.165, 1.54) is 25.7 Å². The molecule has 1 unspecified atom stereocenters. The van der Waals surface area contributed by atoms with Gasteiger partial charge in [-0.2, -0.15) is 4.98 Å². The Morgan fingerprint density at radius 3 is 2.93 bits per heavy atom. The monoisotopic (exact) mass is 207 g/mol. The topological polar surface area (TPSA) is 51.0 Å². The lowest BCUT2D eigenvalue weighted by atomic mass is 9.85. The zero-order chi connectivity index (χ0) is 10.1. The molecule has 4 nitrogen and oxygen atoms in total. The second-order valence-corrected chi connectivity index (χ2v) is 4.74. The highest BCUT2D eigenvalue weighted by Gasteiger charge is 2.26. The van der Waals surface area contributed by atoms with Crippen LogP contribution in [0.15, 0.2) is 4.52 Å². The molecule has 1 aromatic rings. The van der Waals surface area contributed by atoms with Crippen LogP contribution in [-0.4, -0.2) is 23.2 Å². The Morgan fingerprint density at radius 2 is 2.27 bits per heavy atom. The maximum atomic E-state index is 5.30. The average molecular weight is 207 g/mol. The molecule has 4 heteroatoms. The third kappa shape index (κ3) is 1.91. The fourth-order valence-corrected chi connectivity index (χ4v) is 2.32. The van der Waals surface area contributed by atoms with Crippen LogP contribution in [0.1, 0.15) is 43.3 Å². The fourth-order valence-electron chi connectivity index (χ4n) is 2.32. The molecule has 0 aromatic carbocycles. The van der Waals surface area contributed by atoms with Crippen molar-refractivity contribution in [1.29, 1.82) is 0 Å². The summed E-state index contributed by atoms with van der Waals surface area (Å²) in [6.07, 6.45) is 5.99. The van der Waals surface area contributed by atoms with Crippen molar-refractivity contribution in [2.75, 3.05) is 13.1 Å². The number of aromatic nitrogens is 2. The summed E-state index contributed by atoms with van der Waals surface area (Å²) < 4.78 is 5.30.